The third-order valence-corrected chi connectivity index (χ3v) is 5.36. The summed E-state index contributed by atoms with van der Waals surface area (Å²) in [4.78, 5) is 0. The SMILES string of the molecule is CNC(Cc1cc(Cl)ccc1OC)CC1CCSCC1. The first-order valence-corrected chi connectivity index (χ1v) is 8.83. The normalized spacial score (nSPS) is 17.9. The van der Waals surface area contributed by atoms with Crippen molar-refractivity contribution >= 4 is 23.4 Å². The van der Waals surface area contributed by atoms with Crippen molar-refractivity contribution in [2.45, 2.75) is 31.7 Å². The van der Waals surface area contributed by atoms with Crippen molar-refractivity contribution in [1.82, 2.24) is 5.32 Å². The van der Waals surface area contributed by atoms with Crippen molar-refractivity contribution in [2.75, 3.05) is 25.7 Å². The first-order chi connectivity index (χ1) is 9.72. The molecule has 0 bridgehead atoms. The molecule has 1 atom stereocenters. The van der Waals surface area contributed by atoms with Crippen molar-refractivity contribution in [3.63, 3.8) is 0 Å². The zero-order valence-electron chi connectivity index (χ0n) is 12.3. The zero-order valence-corrected chi connectivity index (χ0v) is 13.9. The minimum Gasteiger partial charge on any atom is -0.496 e. The molecule has 1 heterocycles. The third-order valence-electron chi connectivity index (χ3n) is 4.08. The molecule has 1 aromatic rings. The summed E-state index contributed by atoms with van der Waals surface area (Å²) in [6, 6.07) is 6.37. The molecule has 0 spiro atoms. The van der Waals surface area contributed by atoms with Gasteiger partial charge in [0.15, 0.2) is 0 Å². The lowest BCUT2D eigenvalue weighted by molar-refractivity contribution is 0.368. The van der Waals surface area contributed by atoms with E-state index in [2.05, 4.69) is 24.1 Å². The van der Waals surface area contributed by atoms with Gasteiger partial charge in [0.25, 0.3) is 0 Å². The molecule has 20 heavy (non-hydrogen) atoms. The van der Waals surface area contributed by atoms with E-state index in [4.69, 9.17) is 16.3 Å². The molecule has 4 heteroatoms. The number of halogens is 1. The van der Waals surface area contributed by atoms with E-state index in [1.54, 1.807) is 7.11 Å². The van der Waals surface area contributed by atoms with Crippen molar-refractivity contribution in [3.05, 3.63) is 28.8 Å². The van der Waals surface area contributed by atoms with Gasteiger partial charge < -0.3 is 10.1 Å². The summed E-state index contributed by atoms with van der Waals surface area (Å²) < 4.78 is 5.45. The Labute approximate surface area is 131 Å². The number of methoxy groups -OCH3 is 1. The number of hydrogen-bond donors (Lipinski definition) is 1. The summed E-state index contributed by atoms with van der Waals surface area (Å²) >= 11 is 8.20. The van der Waals surface area contributed by atoms with Crippen molar-refractivity contribution in [3.8, 4) is 5.75 Å². The maximum Gasteiger partial charge on any atom is 0.122 e. The van der Waals surface area contributed by atoms with E-state index in [-0.39, 0.29) is 0 Å². The standard InChI is InChI=1S/C16H24ClNOS/c1-18-15(9-12-5-7-20-8-6-12)11-13-10-14(17)3-4-16(13)19-2/h3-4,10,12,15,18H,5-9,11H2,1-2H3. The highest BCUT2D eigenvalue weighted by molar-refractivity contribution is 7.99. The Morgan fingerprint density at radius 2 is 2.15 bits per heavy atom. The molecule has 0 saturated carbocycles. The van der Waals surface area contributed by atoms with Crippen LogP contribution in [-0.4, -0.2) is 31.7 Å². The number of hydrogen-bond acceptors (Lipinski definition) is 3. The minimum atomic E-state index is 0.496. The summed E-state index contributed by atoms with van der Waals surface area (Å²) in [5.41, 5.74) is 1.20. The van der Waals surface area contributed by atoms with Crippen LogP contribution in [0.2, 0.25) is 5.02 Å². The van der Waals surface area contributed by atoms with E-state index in [1.807, 2.05) is 18.2 Å². The maximum absolute atomic E-state index is 6.11. The first-order valence-electron chi connectivity index (χ1n) is 7.30. The van der Waals surface area contributed by atoms with E-state index < -0.39 is 0 Å². The summed E-state index contributed by atoms with van der Waals surface area (Å²) in [5, 5.41) is 4.25. The minimum absolute atomic E-state index is 0.496. The fourth-order valence-corrected chi connectivity index (χ4v) is 4.26. The monoisotopic (exact) mass is 313 g/mol. The lowest BCUT2D eigenvalue weighted by Crippen LogP contribution is -2.31. The quantitative estimate of drug-likeness (QED) is 0.857. The molecule has 2 nitrogen and oxygen atoms in total. The van der Waals surface area contributed by atoms with Crippen molar-refractivity contribution in [1.29, 1.82) is 0 Å². The number of ether oxygens (including phenoxy) is 1. The van der Waals surface area contributed by atoms with Crippen LogP contribution in [0.5, 0.6) is 5.75 Å². The summed E-state index contributed by atoms with van der Waals surface area (Å²) in [5.74, 6) is 4.44. The second-order valence-electron chi connectivity index (χ2n) is 5.44. The molecule has 1 aromatic carbocycles. The fourth-order valence-electron chi connectivity index (χ4n) is 2.86. The Balaban J connectivity index is 1.99. The van der Waals surface area contributed by atoms with Crippen LogP contribution in [0.3, 0.4) is 0 Å². The van der Waals surface area contributed by atoms with Gasteiger partial charge in [0, 0.05) is 11.1 Å². The molecule has 0 amide bonds. The second-order valence-corrected chi connectivity index (χ2v) is 7.10. The maximum atomic E-state index is 6.11. The van der Waals surface area contributed by atoms with Crippen LogP contribution in [-0.2, 0) is 6.42 Å². The molecule has 1 N–H and O–H groups in total. The van der Waals surface area contributed by atoms with Gasteiger partial charge in [0.1, 0.15) is 5.75 Å². The van der Waals surface area contributed by atoms with Crippen LogP contribution < -0.4 is 10.1 Å². The van der Waals surface area contributed by atoms with E-state index in [9.17, 15) is 0 Å². The van der Waals surface area contributed by atoms with E-state index in [0.717, 1.165) is 23.1 Å². The van der Waals surface area contributed by atoms with Crippen LogP contribution in [0.1, 0.15) is 24.8 Å². The lowest BCUT2D eigenvalue weighted by atomic mass is 9.91. The molecule has 1 aliphatic heterocycles. The molecular formula is C16H24ClNOS. The number of benzene rings is 1. The van der Waals surface area contributed by atoms with Gasteiger partial charge in [-0.3, -0.25) is 0 Å². The van der Waals surface area contributed by atoms with Gasteiger partial charge in [0.05, 0.1) is 7.11 Å². The Morgan fingerprint density at radius 1 is 1.40 bits per heavy atom. The average Bonchev–Trinajstić information content (AvgIpc) is 2.48. The van der Waals surface area contributed by atoms with Crippen molar-refractivity contribution < 1.29 is 4.74 Å². The summed E-state index contributed by atoms with van der Waals surface area (Å²) in [6.45, 7) is 0. The van der Waals surface area contributed by atoms with Gasteiger partial charge in [0.2, 0.25) is 0 Å². The first kappa shape index (κ1) is 16.0. The van der Waals surface area contributed by atoms with Gasteiger partial charge in [-0.2, -0.15) is 11.8 Å². The van der Waals surface area contributed by atoms with Gasteiger partial charge >= 0.3 is 0 Å². The van der Waals surface area contributed by atoms with E-state index >= 15 is 0 Å². The molecule has 0 radical (unpaired) electrons. The molecule has 1 aliphatic rings. The molecular weight excluding hydrogens is 290 g/mol. The summed E-state index contributed by atoms with van der Waals surface area (Å²) in [6.07, 6.45) is 4.93. The van der Waals surface area contributed by atoms with Gasteiger partial charge in [-0.1, -0.05) is 11.6 Å². The van der Waals surface area contributed by atoms with E-state index in [1.165, 1.54) is 36.3 Å². The van der Waals surface area contributed by atoms with Crippen LogP contribution in [0.25, 0.3) is 0 Å². The molecule has 1 saturated heterocycles. The predicted molar refractivity (Wildman–Crippen MR) is 89.2 cm³/mol. The van der Waals surface area contributed by atoms with Crippen LogP contribution in [0, 0.1) is 5.92 Å². The number of likely N-dealkylation sites (N-methyl/N-ethyl adjacent to an activating group) is 1. The Hall–Kier alpha value is -0.380. The third kappa shape index (κ3) is 4.57. The Kier molecular flexibility index (Phi) is 6.53. The predicted octanol–water partition coefficient (Wildman–Crippen LogP) is 4.01. The van der Waals surface area contributed by atoms with Crippen LogP contribution in [0.4, 0.5) is 0 Å². The molecule has 0 aromatic heterocycles. The Bertz CT molecular complexity index is 421. The summed E-state index contributed by atoms with van der Waals surface area (Å²) in [7, 11) is 3.78. The van der Waals surface area contributed by atoms with Gasteiger partial charge in [-0.05, 0) is 73.9 Å². The lowest BCUT2D eigenvalue weighted by Gasteiger charge is -2.26. The second kappa shape index (κ2) is 8.16. The number of rotatable bonds is 6. The van der Waals surface area contributed by atoms with Crippen LogP contribution in [0.15, 0.2) is 18.2 Å². The van der Waals surface area contributed by atoms with Crippen LogP contribution >= 0.6 is 23.4 Å². The van der Waals surface area contributed by atoms with E-state index in [0.29, 0.717) is 6.04 Å². The molecule has 112 valence electrons. The highest BCUT2D eigenvalue weighted by Gasteiger charge is 2.19. The van der Waals surface area contributed by atoms with Gasteiger partial charge in [-0.25, -0.2) is 0 Å². The van der Waals surface area contributed by atoms with Crippen molar-refractivity contribution in [2.24, 2.45) is 5.92 Å². The smallest absolute Gasteiger partial charge is 0.122 e. The average molecular weight is 314 g/mol. The largest absolute Gasteiger partial charge is 0.496 e. The van der Waals surface area contributed by atoms with Gasteiger partial charge in [-0.15, -0.1) is 0 Å². The Morgan fingerprint density at radius 3 is 2.80 bits per heavy atom. The number of thioether (sulfide) groups is 1. The topological polar surface area (TPSA) is 21.3 Å². The molecule has 2 rings (SSSR count). The molecule has 1 fully saturated rings. The zero-order chi connectivity index (χ0) is 14.4. The fraction of sp³-hybridized carbons (Fsp3) is 0.625. The highest BCUT2D eigenvalue weighted by atomic mass is 35.5. The molecule has 1 unspecified atom stereocenters. The highest BCUT2D eigenvalue weighted by Crippen LogP contribution is 2.29. The molecule has 0 aliphatic carbocycles. The number of nitrogens with one attached hydrogen (secondary N) is 1.